The molecule has 3 aromatic rings. The minimum absolute atomic E-state index is 0.409. The van der Waals surface area contributed by atoms with Gasteiger partial charge in [0.15, 0.2) is 8.15 Å². The van der Waals surface area contributed by atoms with E-state index in [0.717, 1.165) is 5.75 Å². The Bertz CT molecular complexity index is 1020. The molecule has 0 N–H and O–H groups in total. The quantitative estimate of drug-likeness (QED) is 0.331. The van der Waals surface area contributed by atoms with E-state index >= 15 is 0 Å². The highest BCUT2D eigenvalue weighted by Gasteiger charge is 2.27. The van der Waals surface area contributed by atoms with Crippen LogP contribution in [0.1, 0.15) is 92.7 Å². The number of hydrogen-bond acceptors (Lipinski definition) is 1. The summed E-state index contributed by atoms with van der Waals surface area (Å²) in [4.78, 5) is 0. The van der Waals surface area contributed by atoms with Crippen molar-refractivity contribution >= 4 is 18.8 Å². The van der Waals surface area contributed by atoms with Gasteiger partial charge in [0.2, 0.25) is 0 Å². The van der Waals surface area contributed by atoms with Crippen LogP contribution in [0, 0.1) is 20.8 Å². The van der Waals surface area contributed by atoms with Gasteiger partial charge in [-0.15, -0.1) is 0 Å². The summed E-state index contributed by atoms with van der Waals surface area (Å²) in [6, 6.07) is 20.5. The third-order valence-corrected chi connectivity index (χ3v) is 8.06. The average Bonchev–Trinajstić information content (AvgIpc) is 2.71. The summed E-state index contributed by atoms with van der Waals surface area (Å²) >= 11 is 0. The Morgan fingerprint density at radius 2 is 0.906 bits per heavy atom. The molecule has 3 rings (SSSR count). The summed E-state index contributed by atoms with van der Waals surface area (Å²) in [5.41, 5.74) is 7.86. The third kappa shape index (κ3) is 5.44. The highest BCUT2D eigenvalue weighted by molar-refractivity contribution is 7.69. The number of benzene rings is 3. The molecular weight excluding hydrogens is 407 g/mol. The molecule has 0 radical (unpaired) electrons. The predicted molar refractivity (Wildman–Crippen MR) is 143 cm³/mol. The third-order valence-electron chi connectivity index (χ3n) is 6.03. The minimum Gasteiger partial charge on any atom is -0.464 e. The van der Waals surface area contributed by atoms with Crippen molar-refractivity contribution < 1.29 is 4.52 Å². The average molecular weight is 447 g/mol. The maximum Gasteiger partial charge on any atom is 0.151 e. The topological polar surface area (TPSA) is 9.23 Å². The largest absolute Gasteiger partial charge is 0.464 e. The molecule has 0 saturated carbocycles. The van der Waals surface area contributed by atoms with Crippen molar-refractivity contribution in [3.05, 3.63) is 88.0 Å². The van der Waals surface area contributed by atoms with Crippen LogP contribution in [0.4, 0.5) is 0 Å². The van der Waals surface area contributed by atoms with Gasteiger partial charge in [0.1, 0.15) is 5.75 Å². The molecule has 0 heterocycles. The molecule has 32 heavy (non-hydrogen) atoms. The molecule has 0 unspecified atom stereocenters. The molecule has 0 aliphatic carbocycles. The lowest BCUT2D eigenvalue weighted by molar-refractivity contribution is 0.608. The Balaban J connectivity index is 2.30. The van der Waals surface area contributed by atoms with Crippen molar-refractivity contribution in [2.75, 3.05) is 0 Å². The van der Waals surface area contributed by atoms with Crippen LogP contribution in [0.3, 0.4) is 0 Å². The van der Waals surface area contributed by atoms with Crippen LogP contribution in [0.15, 0.2) is 54.6 Å². The maximum absolute atomic E-state index is 7.12. The molecule has 0 aliphatic rings. The van der Waals surface area contributed by atoms with Crippen LogP contribution in [-0.2, 0) is 0 Å². The molecule has 1 nitrogen and oxygen atoms in total. The molecule has 0 fully saturated rings. The van der Waals surface area contributed by atoms with Crippen molar-refractivity contribution in [1.29, 1.82) is 0 Å². The molecule has 0 aliphatic heterocycles. The first-order chi connectivity index (χ1) is 15.1. The highest BCUT2D eigenvalue weighted by Crippen LogP contribution is 2.44. The molecular formula is C30H39OP. The maximum atomic E-state index is 7.12. The summed E-state index contributed by atoms with van der Waals surface area (Å²) < 4.78 is 7.12. The van der Waals surface area contributed by atoms with Crippen LogP contribution in [0.2, 0.25) is 0 Å². The van der Waals surface area contributed by atoms with Crippen LogP contribution in [-0.4, -0.2) is 0 Å². The van der Waals surface area contributed by atoms with E-state index in [2.05, 4.69) is 117 Å². The van der Waals surface area contributed by atoms with Crippen LogP contribution in [0.5, 0.6) is 5.75 Å². The fourth-order valence-corrected chi connectivity index (χ4v) is 6.75. The lowest BCUT2D eigenvalue weighted by Crippen LogP contribution is -2.24. The second-order valence-electron chi connectivity index (χ2n) is 10.0. The van der Waals surface area contributed by atoms with Crippen molar-refractivity contribution in [1.82, 2.24) is 0 Å². The highest BCUT2D eigenvalue weighted by atomic mass is 31.1. The fraction of sp³-hybridized carbons (Fsp3) is 0.400. The van der Waals surface area contributed by atoms with Crippen molar-refractivity contribution in [3.8, 4) is 5.75 Å². The second-order valence-corrected chi connectivity index (χ2v) is 11.8. The van der Waals surface area contributed by atoms with E-state index in [9.17, 15) is 0 Å². The Labute approximate surface area is 197 Å². The van der Waals surface area contributed by atoms with Crippen LogP contribution >= 0.6 is 8.15 Å². The van der Waals surface area contributed by atoms with Crippen molar-refractivity contribution in [2.24, 2.45) is 0 Å². The predicted octanol–water partition coefficient (Wildman–Crippen LogP) is 8.41. The molecule has 0 amide bonds. The molecule has 0 saturated heterocycles. The van der Waals surface area contributed by atoms with Gasteiger partial charge in [-0.05, 0) is 79.0 Å². The summed E-state index contributed by atoms with van der Waals surface area (Å²) in [7, 11) is -1.02. The van der Waals surface area contributed by atoms with Gasteiger partial charge >= 0.3 is 0 Å². The van der Waals surface area contributed by atoms with Gasteiger partial charge in [0.25, 0.3) is 0 Å². The standard InChI is InChI=1S/C30H39OP/c1-19(2)25-13-10-22(7)16-28(25)31-32(29-17-23(8)11-14-26(29)20(3)4)30-18-24(9)12-15-27(30)21(5)6/h10-21H,1-9H3. The number of rotatable bonds is 7. The Kier molecular flexibility index (Phi) is 7.84. The molecule has 2 heteroatoms. The van der Waals surface area contributed by atoms with Gasteiger partial charge in [-0.3, -0.25) is 0 Å². The van der Waals surface area contributed by atoms with Gasteiger partial charge < -0.3 is 4.52 Å². The lowest BCUT2D eigenvalue weighted by atomic mass is 10.0. The monoisotopic (exact) mass is 446 g/mol. The Morgan fingerprint density at radius 1 is 0.531 bits per heavy atom. The van der Waals surface area contributed by atoms with Crippen LogP contribution < -0.4 is 15.1 Å². The summed E-state index contributed by atoms with van der Waals surface area (Å²) in [6.07, 6.45) is 0. The molecule has 170 valence electrons. The second kappa shape index (κ2) is 10.2. The zero-order chi connectivity index (χ0) is 23.6. The first kappa shape index (κ1) is 24.5. The van der Waals surface area contributed by atoms with Crippen molar-refractivity contribution in [3.63, 3.8) is 0 Å². The Hall–Kier alpha value is -2.11. The molecule has 0 aromatic heterocycles. The van der Waals surface area contributed by atoms with Crippen molar-refractivity contribution in [2.45, 2.75) is 80.1 Å². The van der Waals surface area contributed by atoms with Gasteiger partial charge in [0.05, 0.1) is 0 Å². The first-order valence-corrected chi connectivity index (χ1v) is 13.1. The minimum atomic E-state index is -1.02. The Morgan fingerprint density at radius 3 is 1.31 bits per heavy atom. The van der Waals surface area contributed by atoms with E-state index in [-0.39, 0.29) is 0 Å². The normalized spacial score (nSPS) is 11.8. The summed E-state index contributed by atoms with van der Waals surface area (Å²) in [5.74, 6) is 2.31. The smallest absolute Gasteiger partial charge is 0.151 e. The molecule has 3 aromatic carbocycles. The van der Waals surface area contributed by atoms with E-state index in [1.54, 1.807) is 0 Å². The fourth-order valence-electron chi connectivity index (χ4n) is 4.16. The van der Waals surface area contributed by atoms with Gasteiger partial charge in [0, 0.05) is 10.6 Å². The number of aryl methyl sites for hydroxylation is 3. The van der Waals surface area contributed by atoms with Crippen LogP contribution in [0.25, 0.3) is 0 Å². The van der Waals surface area contributed by atoms with E-state index < -0.39 is 8.15 Å². The number of hydrogen-bond donors (Lipinski definition) is 0. The summed E-state index contributed by atoms with van der Waals surface area (Å²) in [5, 5.41) is 2.69. The first-order valence-electron chi connectivity index (χ1n) is 11.9. The van der Waals surface area contributed by atoms with E-state index in [1.807, 2.05) is 0 Å². The zero-order valence-electron chi connectivity index (χ0n) is 21.3. The summed E-state index contributed by atoms with van der Waals surface area (Å²) in [6.45, 7) is 20.2. The van der Waals surface area contributed by atoms with Gasteiger partial charge in [-0.25, -0.2) is 0 Å². The molecule has 0 atom stereocenters. The van der Waals surface area contributed by atoms with Gasteiger partial charge in [-0.1, -0.05) is 89.1 Å². The van der Waals surface area contributed by atoms with E-state index in [1.165, 1.54) is 44.0 Å². The molecule has 0 bridgehead atoms. The van der Waals surface area contributed by atoms with E-state index in [0.29, 0.717) is 17.8 Å². The van der Waals surface area contributed by atoms with Gasteiger partial charge in [-0.2, -0.15) is 0 Å². The SMILES string of the molecule is Cc1ccc(C(C)C)c(OP(c2cc(C)ccc2C(C)C)c2cc(C)ccc2C(C)C)c1. The van der Waals surface area contributed by atoms with E-state index in [4.69, 9.17) is 4.52 Å². The lowest BCUT2D eigenvalue weighted by Gasteiger charge is -2.28. The molecule has 0 spiro atoms. The zero-order valence-corrected chi connectivity index (χ0v) is 22.2.